The average Bonchev–Trinajstić information content (AvgIpc) is 3.16. The van der Waals surface area contributed by atoms with Crippen molar-refractivity contribution >= 4 is 11.8 Å². The fraction of sp³-hybridized carbons (Fsp3) is 0.417. The first-order valence-electron chi connectivity index (χ1n) is 6.85. The van der Waals surface area contributed by atoms with E-state index < -0.39 is 17.9 Å². The Morgan fingerprint density at radius 3 is 2.91 bits per heavy atom. The van der Waals surface area contributed by atoms with E-state index in [1.54, 1.807) is 18.3 Å². The third-order valence-electron chi connectivity index (χ3n) is 3.01. The van der Waals surface area contributed by atoms with Crippen LogP contribution in [0.1, 0.15) is 29.9 Å². The van der Waals surface area contributed by atoms with E-state index in [4.69, 9.17) is 11.5 Å². The Balaban J connectivity index is 1.73. The van der Waals surface area contributed by atoms with Crippen molar-refractivity contribution in [3.63, 3.8) is 0 Å². The second kappa shape index (κ2) is 7.31. The number of nitrogens with two attached hydrogens (primary N) is 2. The van der Waals surface area contributed by atoms with Crippen molar-refractivity contribution in [2.75, 3.05) is 6.54 Å². The molecule has 2 aromatic rings. The van der Waals surface area contributed by atoms with E-state index in [0.29, 0.717) is 31.6 Å². The van der Waals surface area contributed by atoms with Crippen molar-refractivity contribution in [3.05, 3.63) is 24.2 Å². The first-order chi connectivity index (χ1) is 10.6. The minimum absolute atomic E-state index is 0.0107. The summed E-state index contributed by atoms with van der Waals surface area (Å²) in [4.78, 5) is 26.7. The zero-order chi connectivity index (χ0) is 15.9. The van der Waals surface area contributed by atoms with Crippen LogP contribution in [0.15, 0.2) is 18.3 Å². The maximum absolute atomic E-state index is 11.8. The molecule has 2 rings (SSSR count). The largest absolute Gasteiger partial charge is 0.368 e. The van der Waals surface area contributed by atoms with Gasteiger partial charge in [-0.05, 0) is 36.6 Å². The molecule has 0 aromatic carbocycles. The van der Waals surface area contributed by atoms with Crippen molar-refractivity contribution < 1.29 is 9.59 Å². The zero-order valence-electron chi connectivity index (χ0n) is 11.9. The number of carbonyl (C=O) groups excluding carboxylic acids is 2. The predicted molar refractivity (Wildman–Crippen MR) is 76.9 cm³/mol. The maximum Gasteiger partial charge on any atom is 0.292 e. The molecule has 118 valence electrons. The van der Waals surface area contributed by atoms with E-state index in [0.717, 1.165) is 0 Å². The number of hydrogen-bond donors (Lipinski definition) is 4. The van der Waals surface area contributed by atoms with Crippen LogP contribution in [0.3, 0.4) is 0 Å². The van der Waals surface area contributed by atoms with Gasteiger partial charge in [0.2, 0.25) is 5.91 Å². The number of tetrazole rings is 1. The number of nitrogens with one attached hydrogen (secondary N) is 2. The molecule has 0 saturated heterocycles. The highest BCUT2D eigenvalue weighted by Gasteiger charge is 2.13. The number of rotatable bonds is 8. The average molecular weight is 306 g/mol. The number of amides is 2. The van der Waals surface area contributed by atoms with Crippen LogP contribution >= 0.6 is 0 Å². The van der Waals surface area contributed by atoms with Gasteiger partial charge >= 0.3 is 0 Å². The Morgan fingerprint density at radius 1 is 1.41 bits per heavy atom. The van der Waals surface area contributed by atoms with Gasteiger partial charge in [0, 0.05) is 12.7 Å². The molecule has 22 heavy (non-hydrogen) atoms. The van der Waals surface area contributed by atoms with Gasteiger partial charge in [-0.15, -0.1) is 15.0 Å². The Bertz CT molecular complexity index is 621. The van der Waals surface area contributed by atoms with Gasteiger partial charge < -0.3 is 21.8 Å². The fourth-order valence-electron chi connectivity index (χ4n) is 1.77. The van der Waals surface area contributed by atoms with Gasteiger partial charge in [0.05, 0.1) is 6.04 Å². The molecule has 0 radical (unpaired) electrons. The van der Waals surface area contributed by atoms with E-state index in [9.17, 15) is 9.59 Å². The maximum atomic E-state index is 11.8. The van der Waals surface area contributed by atoms with Crippen molar-refractivity contribution in [1.29, 1.82) is 0 Å². The molecule has 2 heterocycles. The van der Waals surface area contributed by atoms with Crippen molar-refractivity contribution in [2.45, 2.75) is 25.3 Å². The first kappa shape index (κ1) is 15.6. The molecule has 0 aliphatic heterocycles. The van der Waals surface area contributed by atoms with Gasteiger partial charge in [0.1, 0.15) is 0 Å². The van der Waals surface area contributed by atoms with Crippen molar-refractivity contribution in [1.82, 2.24) is 30.5 Å². The van der Waals surface area contributed by atoms with Gasteiger partial charge in [-0.2, -0.15) is 0 Å². The monoisotopic (exact) mass is 306 g/mol. The summed E-state index contributed by atoms with van der Waals surface area (Å²) in [6.07, 6.45) is 3.58. The van der Waals surface area contributed by atoms with Crippen molar-refractivity contribution in [2.24, 2.45) is 11.5 Å². The molecule has 10 heteroatoms. The molecule has 10 nitrogen and oxygen atoms in total. The van der Waals surface area contributed by atoms with E-state index in [2.05, 4.69) is 25.7 Å². The third-order valence-corrected chi connectivity index (χ3v) is 3.01. The zero-order valence-corrected chi connectivity index (χ0v) is 11.9. The molecule has 0 fully saturated rings. The number of aromatic nitrogens is 5. The number of unbranched alkanes of at least 4 members (excludes halogenated alkanes) is 1. The minimum atomic E-state index is -0.641. The highest BCUT2D eigenvalue weighted by atomic mass is 16.2. The quantitative estimate of drug-likeness (QED) is 0.444. The summed E-state index contributed by atoms with van der Waals surface area (Å²) in [7, 11) is 0. The number of carbonyl (C=O) groups is 2. The molecule has 0 spiro atoms. The highest BCUT2D eigenvalue weighted by Crippen LogP contribution is 2.00. The van der Waals surface area contributed by atoms with E-state index in [-0.39, 0.29) is 5.82 Å². The Kier molecular flexibility index (Phi) is 5.20. The number of aromatic amines is 1. The Labute approximate surface area is 126 Å². The number of nitrogens with zero attached hydrogens (tertiary/aromatic N) is 4. The minimum Gasteiger partial charge on any atom is -0.368 e. The predicted octanol–water partition coefficient (Wildman–Crippen LogP) is -1.30. The molecule has 1 atom stereocenters. The summed E-state index contributed by atoms with van der Waals surface area (Å²) in [5.74, 6) is -0.318. The van der Waals surface area contributed by atoms with Crippen LogP contribution in [0.2, 0.25) is 0 Å². The molecule has 0 saturated carbocycles. The summed E-state index contributed by atoms with van der Waals surface area (Å²) in [5, 5.41) is 14.1. The van der Waals surface area contributed by atoms with Crippen LogP contribution < -0.4 is 16.8 Å². The van der Waals surface area contributed by atoms with Crippen LogP contribution in [-0.4, -0.2) is 49.6 Å². The smallest absolute Gasteiger partial charge is 0.292 e. The third kappa shape index (κ3) is 4.12. The topological polar surface area (TPSA) is 158 Å². The lowest BCUT2D eigenvalue weighted by molar-refractivity contribution is -0.119. The fourth-order valence-corrected chi connectivity index (χ4v) is 1.77. The number of primary amides is 1. The lowest BCUT2D eigenvalue weighted by Gasteiger charge is -2.06. The lowest BCUT2D eigenvalue weighted by atomic mass is 10.1. The normalized spacial score (nSPS) is 12.0. The summed E-state index contributed by atoms with van der Waals surface area (Å²) in [6, 6.07) is 2.90. The van der Waals surface area contributed by atoms with Gasteiger partial charge in [0.15, 0.2) is 5.82 Å². The summed E-state index contributed by atoms with van der Waals surface area (Å²) in [5.41, 5.74) is 10.6. The second-order valence-corrected chi connectivity index (χ2v) is 4.72. The molecule has 0 aliphatic carbocycles. The Morgan fingerprint density at radius 2 is 2.23 bits per heavy atom. The van der Waals surface area contributed by atoms with Gasteiger partial charge in [-0.3, -0.25) is 9.59 Å². The lowest BCUT2D eigenvalue weighted by Crippen LogP contribution is -2.36. The van der Waals surface area contributed by atoms with E-state index in [1.165, 1.54) is 4.80 Å². The SMILES string of the molecule is NC(=O)[C@@H](N)CCCCNC(=O)c1nnn(-c2ccc[nH]2)n1. The summed E-state index contributed by atoms with van der Waals surface area (Å²) in [6.45, 7) is 0.432. The standard InChI is InChI=1S/C12H18N8O2/c13-8(10(14)21)4-1-2-6-16-12(22)11-17-19-20(18-11)9-5-3-7-15-9/h3,5,7-8,15H,1-2,4,6,13H2,(H2,14,21)(H,16,22)/t8-/m0/s1. The van der Waals surface area contributed by atoms with E-state index in [1.807, 2.05) is 0 Å². The van der Waals surface area contributed by atoms with Gasteiger partial charge in [-0.1, -0.05) is 0 Å². The van der Waals surface area contributed by atoms with Crippen molar-refractivity contribution in [3.8, 4) is 5.82 Å². The van der Waals surface area contributed by atoms with Crippen LogP contribution in [0.5, 0.6) is 0 Å². The first-order valence-corrected chi connectivity index (χ1v) is 6.85. The van der Waals surface area contributed by atoms with Crippen LogP contribution in [-0.2, 0) is 4.79 Å². The van der Waals surface area contributed by atoms with Crippen LogP contribution in [0, 0.1) is 0 Å². The second-order valence-electron chi connectivity index (χ2n) is 4.72. The van der Waals surface area contributed by atoms with E-state index >= 15 is 0 Å². The molecule has 2 amide bonds. The molecule has 2 aromatic heterocycles. The molecular formula is C12H18N8O2. The molecule has 0 aliphatic rings. The molecule has 6 N–H and O–H groups in total. The highest BCUT2D eigenvalue weighted by molar-refractivity contribution is 5.90. The molecular weight excluding hydrogens is 288 g/mol. The summed E-state index contributed by atoms with van der Waals surface area (Å²) < 4.78 is 0. The molecule has 0 unspecified atom stereocenters. The Hall–Kier alpha value is -2.75. The summed E-state index contributed by atoms with van der Waals surface area (Å²) >= 11 is 0. The van der Waals surface area contributed by atoms with Gasteiger partial charge in [0.25, 0.3) is 11.7 Å². The molecule has 0 bridgehead atoms. The number of H-pyrrole nitrogens is 1. The van der Waals surface area contributed by atoms with Crippen LogP contribution in [0.25, 0.3) is 5.82 Å². The van der Waals surface area contributed by atoms with Crippen LogP contribution in [0.4, 0.5) is 0 Å². The number of hydrogen-bond acceptors (Lipinski definition) is 6. The van der Waals surface area contributed by atoms with Gasteiger partial charge in [-0.25, -0.2) is 0 Å².